The summed E-state index contributed by atoms with van der Waals surface area (Å²) >= 11 is 0. The monoisotopic (exact) mass is 388 g/mol. The topological polar surface area (TPSA) is 67.2 Å². The van der Waals surface area contributed by atoms with Gasteiger partial charge in [-0.3, -0.25) is 14.2 Å². The minimum atomic E-state index is -0.214. The Morgan fingerprint density at radius 1 is 1.21 bits per heavy atom. The van der Waals surface area contributed by atoms with Crippen LogP contribution in [0.1, 0.15) is 34.3 Å². The van der Waals surface area contributed by atoms with Gasteiger partial charge in [-0.15, -0.1) is 0 Å². The largest absolute Gasteiger partial charge is 0.351 e. The van der Waals surface area contributed by atoms with Crippen LogP contribution in [0.5, 0.6) is 0 Å². The van der Waals surface area contributed by atoms with Crippen LogP contribution in [-0.2, 0) is 6.54 Å². The summed E-state index contributed by atoms with van der Waals surface area (Å²) in [6.45, 7) is 2.51. The third kappa shape index (κ3) is 4.21. The van der Waals surface area contributed by atoms with E-state index in [0.717, 1.165) is 24.0 Å². The first kappa shape index (κ1) is 18.9. The third-order valence-corrected chi connectivity index (χ3v) is 5.09. The summed E-state index contributed by atoms with van der Waals surface area (Å²) in [5, 5.41) is 2.99. The molecule has 6 heteroatoms. The van der Waals surface area contributed by atoms with Gasteiger partial charge in [-0.1, -0.05) is 36.4 Å². The Kier molecular flexibility index (Phi) is 5.16. The molecule has 0 atom stereocenters. The van der Waals surface area contributed by atoms with Crippen molar-refractivity contribution >= 4 is 11.7 Å². The van der Waals surface area contributed by atoms with Gasteiger partial charge >= 0.3 is 0 Å². The molecule has 0 spiro atoms. The number of amides is 1. The molecule has 1 amide bonds. The quantitative estimate of drug-likeness (QED) is 0.705. The molecule has 1 saturated carbocycles. The number of nitrogens with zero attached hydrogens (tertiary/aromatic N) is 3. The molecule has 148 valence electrons. The first-order chi connectivity index (χ1) is 14.0. The number of carbonyl (C=O) groups excluding carboxylic acids is 1. The fraction of sp³-hybridized carbons (Fsp3) is 0.261. The summed E-state index contributed by atoms with van der Waals surface area (Å²) in [6, 6.07) is 15.7. The normalized spacial score (nSPS) is 13.2. The molecule has 4 rings (SSSR count). The van der Waals surface area contributed by atoms with E-state index in [-0.39, 0.29) is 17.5 Å². The average molecular weight is 388 g/mol. The van der Waals surface area contributed by atoms with Crippen molar-refractivity contribution in [3.63, 3.8) is 0 Å². The Balaban J connectivity index is 1.66. The molecule has 1 N–H and O–H groups in total. The van der Waals surface area contributed by atoms with E-state index in [2.05, 4.69) is 10.3 Å². The van der Waals surface area contributed by atoms with Gasteiger partial charge in [0.1, 0.15) is 0 Å². The van der Waals surface area contributed by atoms with Gasteiger partial charge in [-0.25, -0.2) is 4.98 Å². The molecule has 0 bridgehead atoms. The van der Waals surface area contributed by atoms with E-state index in [4.69, 9.17) is 0 Å². The van der Waals surface area contributed by atoms with E-state index in [1.165, 1.54) is 0 Å². The van der Waals surface area contributed by atoms with Gasteiger partial charge in [0.15, 0.2) is 5.82 Å². The van der Waals surface area contributed by atoms with Crippen LogP contribution in [0.4, 0.5) is 5.82 Å². The van der Waals surface area contributed by atoms with Gasteiger partial charge in [0.05, 0.1) is 5.69 Å². The highest BCUT2D eigenvalue weighted by molar-refractivity contribution is 5.95. The molecule has 1 fully saturated rings. The number of aromatic nitrogens is 2. The lowest BCUT2D eigenvalue weighted by molar-refractivity contribution is 0.0951. The summed E-state index contributed by atoms with van der Waals surface area (Å²) in [5.74, 6) is 0.265. The predicted molar refractivity (Wildman–Crippen MR) is 114 cm³/mol. The van der Waals surface area contributed by atoms with Gasteiger partial charge < -0.3 is 10.2 Å². The van der Waals surface area contributed by atoms with E-state index < -0.39 is 0 Å². The van der Waals surface area contributed by atoms with Crippen LogP contribution in [0, 0.1) is 6.92 Å². The van der Waals surface area contributed by atoms with Crippen LogP contribution in [0.15, 0.2) is 65.7 Å². The zero-order chi connectivity index (χ0) is 20.4. The van der Waals surface area contributed by atoms with E-state index in [9.17, 15) is 9.59 Å². The van der Waals surface area contributed by atoms with Crippen molar-refractivity contribution < 1.29 is 4.79 Å². The number of carbonyl (C=O) groups is 1. The molecule has 1 aliphatic rings. The van der Waals surface area contributed by atoms with Crippen molar-refractivity contribution in [2.75, 3.05) is 11.9 Å². The van der Waals surface area contributed by atoms with Crippen molar-refractivity contribution in [1.29, 1.82) is 0 Å². The summed E-state index contributed by atoms with van der Waals surface area (Å²) < 4.78 is 1.56. The van der Waals surface area contributed by atoms with Crippen LogP contribution < -0.4 is 15.8 Å². The van der Waals surface area contributed by atoms with E-state index in [0.29, 0.717) is 23.6 Å². The lowest BCUT2D eigenvalue weighted by Gasteiger charge is -2.19. The number of benzene rings is 2. The summed E-state index contributed by atoms with van der Waals surface area (Å²) in [4.78, 5) is 31.8. The molecule has 2 aromatic carbocycles. The van der Waals surface area contributed by atoms with Gasteiger partial charge in [-0.05, 0) is 43.0 Å². The number of anilines is 1. The summed E-state index contributed by atoms with van der Waals surface area (Å²) in [5.41, 5.74) is 3.05. The average Bonchev–Trinajstić information content (AvgIpc) is 3.53. The van der Waals surface area contributed by atoms with E-state index in [1.54, 1.807) is 29.1 Å². The zero-order valence-corrected chi connectivity index (χ0v) is 16.6. The summed E-state index contributed by atoms with van der Waals surface area (Å²) in [7, 11) is 1.85. The van der Waals surface area contributed by atoms with E-state index >= 15 is 0 Å². The fourth-order valence-electron chi connectivity index (χ4n) is 3.29. The van der Waals surface area contributed by atoms with Crippen LogP contribution in [0.25, 0.3) is 5.69 Å². The summed E-state index contributed by atoms with van der Waals surface area (Å²) in [6.07, 6.45) is 5.33. The molecule has 3 aromatic rings. The fourth-order valence-corrected chi connectivity index (χ4v) is 3.29. The standard InChI is InChI=1S/C23H24N4O2/c1-16-8-9-18(22(28)25-19-10-11-19)14-20(16)27-13-12-24-21(23(27)29)26(2)15-17-6-4-3-5-7-17/h3-9,12-14,19H,10-11,15H2,1-2H3,(H,25,28). The van der Waals surface area contributed by atoms with Crippen molar-refractivity contribution in [2.24, 2.45) is 0 Å². The second kappa shape index (κ2) is 7.91. The second-order valence-electron chi connectivity index (χ2n) is 7.52. The Bertz CT molecular complexity index is 1090. The minimum absolute atomic E-state index is 0.0997. The van der Waals surface area contributed by atoms with Crippen LogP contribution >= 0.6 is 0 Å². The molecule has 0 aliphatic heterocycles. The van der Waals surface area contributed by atoms with Gasteiger partial charge in [-0.2, -0.15) is 0 Å². The molecule has 6 nitrogen and oxygen atoms in total. The highest BCUT2D eigenvalue weighted by atomic mass is 16.2. The van der Waals surface area contributed by atoms with Crippen LogP contribution in [0.2, 0.25) is 0 Å². The highest BCUT2D eigenvalue weighted by Crippen LogP contribution is 2.21. The Morgan fingerprint density at radius 2 is 1.97 bits per heavy atom. The number of rotatable bonds is 6. The number of aryl methyl sites for hydroxylation is 1. The minimum Gasteiger partial charge on any atom is -0.351 e. The number of nitrogens with one attached hydrogen (secondary N) is 1. The lowest BCUT2D eigenvalue weighted by atomic mass is 10.1. The van der Waals surface area contributed by atoms with Crippen molar-refractivity contribution in [1.82, 2.24) is 14.9 Å². The second-order valence-corrected chi connectivity index (χ2v) is 7.52. The molecular formula is C23H24N4O2. The van der Waals surface area contributed by atoms with Crippen LogP contribution in [-0.4, -0.2) is 28.5 Å². The maximum Gasteiger partial charge on any atom is 0.298 e. The first-order valence-electron chi connectivity index (χ1n) is 9.77. The molecular weight excluding hydrogens is 364 g/mol. The molecule has 1 aromatic heterocycles. The molecule has 1 aliphatic carbocycles. The molecule has 29 heavy (non-hydrogen) atoms. The van der Waals surface area contributed by atoms with Gasteiger partial charge in [0, 0.05) is 37.6 Å². The highest BCUT2D eigenvalue weighted by Gasteiger charge is 2.24. The third-order valence-electron chi connectivity index (χ3n) is 5.09. The van der Waals surface area contributed by atoms with Gasteiger partial charge in [0.2, 0.25) is 0 Å². The smallest absolute Gasteiger partial charge is 0.298 e. The van der Waals surface area contributed by atoms with Crippen LogP contribution in [0.3, 0.4) is 0 Å². The van der Waals surface area contributed by atoms with Gasteiger partial charge in [0.25, 0.3) is 11.5 Å². The molecule has 0 radical (unpaired) electrons. The first-order valence-corrected chi connectivity index (χ1v) is 9.77. The maximum absolute atomic E-state index is 13.2. The predicted octanol–water partition coefficient (Wildman–Crippen LogP) is 3.07. The maximum atomic E-state index is 13.2. The molecule has 0 unspecified atom stereocenters. The molecule has 1 heterocycles. The van der Waals surface area contributed by atoms with Crippen molar-refractivity contribution in [2.45, 2.75) is 32.4 Å². The number of hydrogen-bond acceptors (Lipinski definition) is 4. The zero-order valence-electron chi connectivity index (χ0n) is 16.6. The lowest BCUT2D eigenvalue weighted by Crippen LogP contribution is -2.30. The Labute approximate surface area is 169 Å². The van der Waals surface area contributed by atoms with E-state index in [1.807, 2.05) is 55.3 Å². The van der Waals surface area contributed by atoms with Crippen molar-refractivity contribution in [3.05, 3.63) is 88.0 Å². The molecule has 0 saturated heterocycles. The van der Waals surface area contributed by atoms with Crippen molar-refractivity contribution in [3.8, 4) is 5.69 Å². The SMILES string of the molecule is Cc1ccc(C(=O)NC2CC2)cc1-n1ccnc(N(C)Cc2ccccc2)c1=O. The Morgan fingerprint density at radius 3 is 2.69 bits per heavy atom. The Hall–Kier alpha value is -3.41. The number of hydrogen-bond donors (Lipinski definition) is 1.